The molecule has 3 aromatic heterocycles. The van der Waals surface area contributed by atoms with Crippen molar-refractivity contribution in [1.82, 2.24) is 24.5 Å². The third kappa shape index (κ3) is 3.90. The number of carbonyl (C=O) groups is 1. The van der Waals surface area contributed by atoms with Crippen molar-refractivity contribution >= 4 is 11.6 Å². The molecule has 0 spiro atoms. The number of alkyl halides is 3. The number of likely N-dealkylation sites (tertiary alicyclic amines) is 1. The number of halogens is 3. The minimum absolute atomic E-state index is 0.0453. The molecule has 0 radical (unpaired) electrons. The van der Waals surface area contributed by atoms with Gasteiger partial charge in [0.05, 0.1) is 11.7 Å². The maximum Gasteiger partial charge on any atom is 0.433 e. The number of hydrogen-bond donors (Lipinski definition) is 0. The summed E-state index contributed by atoms with van der Waals surface area (Å²) < 4.78 is 53.5. The maximum absolute atomic E-state index is 14.0. The van der Waals surface area contributed by atoms with E-state index in [2.05, 4.69) is 15.1 Å². The van der Waals surface area contributed by atoms with Crippen LogP contribution in [-0.4, -0.2) is 43.7 Å². The van der Waals surface area contributed by atoms with Crippen molar-refractivity contribution in [3.05, 3.63) is 71.8 Å². The number of piperidine rings is 1. The van der Waals surface area contributed by atoms with Crippen LogP contribution in [0.1, 0.15) is 47.1 Å². The van der Waals surface area contributed by atoms with Gasteiger partial charge in [0.25, 0.3) is 5.91 Å². The fourth-order valence-electron chi connectivity index (χ4n) is 4.73. The number of carbonyl (C=O) groups excluding carboxylic acids is 1. The Morgan fingerprint density at radius 1 is 1.06 bits per heavy atom. The summed E-state index contributed by atoms with van der Waals surface area (Å²) in [5.41, 5.74) is 0.199. The average Bonchev–Trinajstić information content (AvgIpc) is 3.54. The average molecular weight is 495 g/mol. The normalized spacial score (nSPS) is 17.5. The molecule has 184 valence electrons. The Labute approximate surface area is 203 Å². The molecule has 11 heteroatoms. The second-order valence-electron chi connectivity index (χ2n) is 8.69. The van der Waals surface area contributed by atoms with E-state index in [4.69, 9.17) is 9.47 Å². The second-order valence-corrected chi connectivity index (χ2v) is 8.69. The van der Waals surface area contributed by atoms with Crippen LogP contribution >= 0.6 is 0 Å². The molecule has 0 N–H and O–H groups in total. The molecule has 1 atom stereocenters. The monoisotopic (exact) mass is 495 g/mol. The predicted octanol–water partition coefficient (Wildman–Crippen LogP) is 4.91. The van der Waals surface area contributed by atoms with E-state index in [0.717, 1.165) is 30.9 Å². The highest BCUT2D eigenvalue weighted by Crippen LogP contribution is 2.38. The van der Waals surface area contributed by atoms with Crippen LogP contribution in [0.25, 0.3) is 16.9 Å². The van der Waals surface area contributed by atoms with Gasteiger partial charge in [-0.2, -0.15) is 18.3 Å². The molecule has 2 aliphatic heterocycles. The van der Waals surface area contributed by atoms with Gasteiger partial charge in [-0.25, -0.2) is 9.50 Å². The molecule has 1 amide bonds. The highest BCUT2D eigenvalue weighted by Gasteiger charge is 2.37. The van der Waals surface area contributed by atoms with Crippen LogP contribution in [-0.2, 0) is 6.18 Å². The summed E-state index contributed by atoms with van der Waals surface area (Å²) in [4.78, 5) is 23.7. The van der Waals surface area contributed by atoms with Gasteiger partial charge in [0.1, 0.15) is 0 Å². The predicted molar refractivity (Wildman–Crippen MR) is 121 cm³/mol. The van der Waals surface area contributed by atoms with Gasteiger partial charge < -0.3 is 14.4 Å². The molecule has 0 bridgehead atoms. The molecule has 0 saturated carbocycles. The van der Waals surface area contributed by atoms with Gasteiger partial charge in [-0.3, -0.25) is 9.78 Å². The van der Waals surface area contributed by atoms with E-state index < -0.39 is 17.8 Å². The van der Waals surface area contributed by atoms with Crippen molar-refractivity contribution in [1.29, 1.82) is 0 Å². The fourth-order valence-corrected chi connectivity index (χ4v) is 4.73. The molecular weight excluding hydrogens is 475 g/mol. The van der Waals surface area contributed by atoms with Crippen molar-refractivity contribution in [3.63, 3.8) is 0 Å². The van der Waals surface area contributed by atoms with Gasteiger partial charge >= 0.3 is 6.18 Å². The molecular formula is C25H20F3N5O3. The Hall–Kier alpha value is -4.15. The van der Waals surface area contributed by atoms with Crippen LogP contribution in [0.5, 0.6) is 11.5 Å². The molecule has 2 aliphatic rings. The summed E-state index contributed by atoms with van der Waals surface area (Å²) in [6.07, 6.45) is 1.13. The first-order valence-electron chi connectivity index (χ1n) is 11.5. The zero-order valence-corrected chi connectivity index (χ0v) is 18.9. The summed E-state index contributed by atoms with van der Waals surface area (Å²) in [6.45, 7) is 0.526. The molecule has 8 nitrogen and oxygen atoms in total. The third-order valence-corrected chi connectivity index (χ3v) is 6.44. The number of hydrogen-bond acceptors (Lipinski definition) is 6. The Bertz CT molecular complexity index is 1450. The van der Waals surface area contributed by atoms with Crippen molar-refractivity contribution in [2.75, 3.05) is 13.3 Å². The summed E-state index contributed by atoms with van der Waals surface area (Å²) in [5, 5.41) is 4.06. The van der Waals surface area contributed by atoms with E-state index in [1.54, 1.807) is 41.6 Å². The van der Waals surface area contributed by atoms with Crippen LogP contribution in [0.2, 0.25) is 0 Å². The lowest BCUT2D eigenvalue weighted by molar-refractivity contribution is -0.142. The summed E-state index contributed by atoms with van der Waals surface area (Å²) in [6, 6.07) is 10.5. The van der Waals surface area contributed by atoms with Crippen LogP contribution in [0.4, 0.5) is 13.2 Å². The molecule has 5 heterocycles. The number of fused-ring (bicyclic) bond motifs is 2. The number of nitrogens with zero attached hydrogens (tertiary/aromatic N) is 5. The number of rotatable bonds is 3. The largest absolute Gasteiger partial charge is 0.454 e. The molecule has 1 fully saturated rings. The fraction of sp³-hybridized carbons (Fsp3) is 0.280. The zero-order valence-electron chi connectivity index (χ0n) is 18.9. The molecule has 36 heavy (non-hydrogen) atoms. The number of ether oxygens (including phenoxy) is 2. The zero-order chi connectivity index (χ0) is 24.9. The Balaban J connectivity index is 1.42. The lowest BCUT2D eigenvalue weighted by atomic mass is 9.96. The van der Waals surface area contributed by atoms with Gasteiger partial charge in [0.15, 0.2) is 28.5 Å². The first-order chi connectivity index (χ1) is 17.4. The van der Waals surface area contributed by atoms with Crippen molar-refractivity contribution in [2.24, 2.45) is 0 Å². The van der Waals surface area contributed by atoms with E-state index in [1.807, 2.05) is 6.07 Å². The summed E-state index contributed by atoms with van der Waals surface area (Å²) in [7, 11) is 0. The third-order valence-electron chi connectivity index (χ3n) is 6.44. The second kappa shape index (κ2) is 8.51. The van der Waals surface area contributed by atoms with E-state index >= 15 is 0 Å². The topological polar surface area (TPSA) is 81.8 Å². The van der Waals surface area contributed by atoms with E-state index in [-0.39, 0.29) is 29.9 Å². The maximum atomic E-state index is 14.0. The Morgan fingerprint density at radius 3 is 2.72 bits per heavy atom. The smallest absolute Gasteiger partial charge is 0.433 e. The highest BCUT2D eigenvalue weighted by atomic mass is 19.4. The van der Waals surface area contributed by atoms with Crippen molar-refractivity contribution in [3.8, 4) is 22.8 Å². The summed E-state index contributed by atoms with van der Waals surface area (Å²) in [5.74, 6) is 0.503. The van der Waals surface area contributed by atoms with Gasteiger partial charge in [-0.05, 0) is 55.2 Å². The minimum Gasteiger partial charge on any atom is -0.454 e. The summed E-state index contributed by atoms with van der Waals surface area (Å²) >= 11 is 0. The minimum atomic E-state index is -4.72. The number of pyridine rings is 1. The molecule has 6 rings (SSSR count). The molecule has 1 aromatic carbocycles. The van der Waals surface area contributed by atoms with Gasteiger partial charge in [-0.1, -0.05) is 6.07 Å². The van der Waals surface area contributed by atoms with Crippen LogP contribution in [0.3, 0.4) is 0 Å². The van der Waals surface area contributed by atoms with Crippen molar-refractivity contribution < 1.29 is 27.4 Å². The van der Waals surface area contributed by atoms with Crippen LogP contribution in [0, 0.1) is 0 Å². The molecule has 0 aliphatic carbocycles. The van der Waals surface area contributed by atoms with Crippen molar-refractivity contribution in [2.45, 2.75) is 31.5 Å². The SMILES string of the molecule is O=C(c1cc2nc(-c3ccc4c(c3)OCO4)cc(C(F)(F)F)n2n1)N1CCCCC1c1cccnc1. The lowest BCUT2D eigenvalue weighted by Gasteiger charge is -2.35. The standard InChI is InChI=1S/C25H20F3N5O3/c26-25(27,28)22-11-17(15-6-7-20-21(10-15)36-14-35-20)30-23-12-18(31-33(22)23)24(34)32-9-2-1-5-19(32)16-4-3-8-29-13-16/h3-4,6-8,10-13,19H,1-2,5,9,14H2. The van der Waals surface area contributed by atoms with E-state index in [0.29, 0.717) is 28.1 Å². The van der Waals surface area contributed by atoms with Crippen LogP contribution in [0.15, 0.2) is 54.9 Å². The molecule has 4 aromatic rings. The Kier molecular flexibility index (Phi) is 5.27. The van der Waals surface area contributed by atoms with Gasteiger partial charge in [0, 0.05) is 30.6 Å². The quantitative estimate of drug-likeness (QED) is 0.402. The first kappa shape index (κ1) is 22.3. The number of aromatic nitrogens is 4. The first-order valence-corrected chi connectivity index (χ1v) is 11.5. The van der Waals surface area contributed by atoms with Gasteiger partial charge in [0.2, 0.25) is 6.79 Å². The molecule has 1 unspecified atom stereocenters. The highest BCUT2D eigenvalue weighted by molar-refractivity contribution is 5.94. The Morgan fingerprint density at radius 2 is 1.92 bits per heavy atom. The van der Waals surface area contributed by atoms with Gasteiger partial charge in [-0.15, -0.1) is 0 Å². The molecule has 1 saturated heterocycles. The number of amides is 1. The van der Waals surface area contributed by atoms with Crippen LogP contribution < -0.4 is 9.47 Å². The van der Waals surface area contributed by atoms with E-state index in [1.165, 1.54) is 6.07 Å². The number of benzene rings is 1. The lowest BCUT2D eigenvalue weighted by Crippen LogP contribution is -2.38. The van der Waals surface area contributed by atoms with E-state index in [9.17, 15) is 18.0 Å².